The van der Waals surface area contributed by atoms with Gasteiger partial charge < -0.3 is 0 Å². The molecule has 0 aliphatic carbocycles. The molecule has 1 heterocycles. The van der Waals surface area contributed by atoms with Crippen molar-refractivity contribution in [2.24, 2.45) is 0 Å². The highest BCUT2D eigenvalue weighted by Gasteiger charge is 2.03. The Labute approximate surface area is 105 Å². The Morgan fingerprint density at radius 2 is 2.15 bits per heavy atom. The summed E-state index contributed by atoms with van der Waals surface area (Å²) in [5.74, 6) is 0. The monoisotopic (exact) mass is 338 g/mol. The van der Waals surface area contributed by atoms with Gasteiger partial charge in [-0.1, -0.05) is 0 Å². The van der Waals surface area contributed by atoms with Crippen LogP contribution >= 0.6 is 58.3 Å². The van der Waals surface area contributed by atoms with Gasteiger partial charge in [0.25, 0.3) is 0 Å². The predicted octanol–water partition coefficient (Wildman–Crippen LogP) is 4.52. The number of benzene rings is 1. The average Bonchev–Trinajstić information content (AvgIpc) is 2.48. The van der Waals surface area contributed by atoms with Crippen LogP contribution < -0.4 is 0 Å². The Morgan fingerprint density at radius 1 is 1.38 bits per heavy atom. The molecule has 0 aliphatic heterocycles. The van der Waals surface area contributed by atoms with Crippen LogP contribution in [0.25, 0.3) is 10.1 Å². The molecule has 1 aromatic heterocycles. The Hall–Kier alpha value is 0.610. The van der Waals surface area contributed by atoms with Gasteiger partial charge in [0.05, 0.1) is 4.21 Å². The highest BCUT2D eigenvalue weighted by molar-refractivity contribution is 14.1. The van der Waals surface area contributed by atoms with Gasteiger partial charge in [-0.05, 0) is 52.4 Å². The third kappa shape index (κ3) is 2.00. The van der Waals surface area contributed by atoms with Crippen molar-refractivity contribution in [2.75, 3.05) is 6.26 Å². The highest BCUT2D eigenvalue weighted by Crippen LogP contribution is 2.34. The first-order chi connectivity index (χ1) is 6.20. The zero-order chi connectivity index (χ0) is 9.42. The van der Waals surface area contributed by atoms with Gasteiger partial charge in [0.15, 0.2) is 0 Å². The average molecular weight is 338 g/mol. The number of thiol groups is 1. The van der Waals surface area contributed by atoms with E-state index in [0.29, 0.717) is 0 Å². The van der Waals surface area contributed by atoms with Crippen LogP contribution in [0.3, 0.4) is 0 Å². The maximum Gasteiger partial charge on any atom is 0.0608 e. The SMILES string of the molecule is CSc1cc2cc(S)c(I)cc2s1. The fraction of sp³-hybridized carbons (Fsp3) is 0.111. The molecule has 0 bridgehead atoms. The summed E-state index contributed by atoms with van der Waals surface area (Å²) in [6.45, 7) is 0. The van der Waals surface area contributed by atoms with E-state index in [1.54, 1.807) is 11.8 Å². The van der Waals surface area contributed by atoms with Gasteiger partial charge in [-0.3, -0.25) is 0 Å². The Balaban J connectivity index is 2.70. The van der Waals surface area contributed by atoms with E-state index in [2.05, 4.69) is 59.7 Å². The molecule has 0 saturated heterocycles. The van der Waals surface area contributed by atoms with E-state index in [-0.39, 0.29) is 0 Å². The number of thioether (sulfide) groups is 1. The second kappa shape index (κ2) is 4.00. The zero-order valence-electron chi connectivity index (χ0n) is 6.87. The Morgan fingerprint density at radius 3 is 2.85 bits per heavy atom. The molecule has 2 rings (SSSR count). The van der Waals surface area contributed by atoms with Gasteiger partial charge in [0.1, 0.15) is 0 Å². The summed E-state index contributed by atoms with van der Waals surface area (Å²) in [6, 6.07) is 6.56. The minimum atomic E-state index is 1.07. The van der Waals surface area contributed by atoms with Gasteiger partial charge in [-0.25, -0.2) is 0 Å². The van der Waals surface area contributed by atoms with Gasteiger partial charge in [-0.15, -0.1) is 35.7 Å². The normalized spacial score (nSPS) is 11.0. The topological polar surface area (TPSA) is 0 Å². The summed E-state index contributed by atoms with van der Waals surface area (Å²) in [6.07, 6.45) is 2.11. The fourth-order valence-electron chi connectivity index (χ4n) is 1.13. The van der Waals surface area contributed by atoms with Crippen LogP contribution in [0.5, 0.6) is 0 Å². The number of fused-ring (bicyclic) bond motifs is 1. The zero-order valence-corrected chi connectivity index (χ0v) is 11.6. The second-order valence-corrected chi connectivity index (χ2v) is 6.45. The summed E-state index contributed by atoms with van der Waals surface area (Å²) in [5, 5.41) is 1.31. The summed E-state index contributed by atoms with van der Waals surface area (Å²) < 4.78 is 3.94. The van der Waals surface area contributed by atoms with Crippen LogP contribution in [0, 0.1) is 3.57 Å². The molecule has 13 heavy (non-hydrogen) atoms. The van der Waals surface area contributed by atoms with Crippen molar-refractivity contribution in [3.8, 4) is 0 Å². The van der Waals surface area contributed by atoms with Crippen LogP contribution in [0.15, 0.2) is 27.3 Å². The van der Waals surface area contributed by atoms with Crippen LogP contribution in [0.4, 0.5) is 0 Å². The van der Waals surface area contributed by atoms with Crippen LogP contribution in [0.1, 0.15) is 0 Å². The van der Waals surface area contributed by atoms with Crippen molar-refractivity contribution in [1.82, 2.24) is 0 Å². The molecule has 0 atom stereocenters. The van der Waals surface area contributed by atoms with Crippen LogP contribution in [0.2, 0.25) is 0 Å². The molecule has 0 aliphatic rings. The molecule has 2 aromatic rings. The van der Waals surface area contributed by atoms with E-state index >= 15 is 0 Å². The number of rotatable bonds is 1. The maximum atomic E-state index is 4.40. The first-order valence-electron chi connectivity index (χ1n) is 3.67. The van der Waals surface area contributed by atoms with E-state index < -0.39 is 0 Å². The summed E-state index contributed by atoms with van der Waals surface area (Å²) in [5.41, 5.74) is 0. The first-order valence-corrected chi connectivity index (χ1v) is 7.23. The van der Waals surface area contributed by atoms with Crippen molar-refractivity contribution in [3.05, 3.63) is 21.8 Å². The maximum absolute atomic E-state index is 4.40. The third-order valence-electron chi connectivity index (χ3n) is 1.76. The molecule has 0 N–H and O–H groups in total. The molecule has 0 fully saturated rings. The summed E-state index contributed by atoms with van der Waals surface area (Å²) in [7, 11) is 0. The third-order valence-corrected chi connectivity index (χ3v) is 5.62. The number of halogens is 1. The first kappa shape index (κ1) is 10.1. The van der Waals surface area contributed by atoms with Crippen molar-refractivity contribution in [2.45, 2.75) is 9.10 Å². The quantitative estimate of drug-likeness (QED) is 0.453. The number of hydrogen-bond acceptors (Lipinski definition) is 3. The molecule has 4 heteroatoms. The van der Waals surface area contributed by atoms with Gasteiger partial charge in [-0.2, -0.15) is 0 Å². The molecule has 1 aromatic carbocycles. The van der Waals surface area contributed by atoms with Crippen molar-refractivity contribution >= 4 is 68.4 Å². The molecular weight excluding hydrogens is 331 g/mol. The van der Waals surface area contributed by atoms with Crippen molar-refractivity contribution in [1.29, 1.82) is 0 Å². The van der Waals surface area contributed by atoms with E-state index in [0.717, 1.165) is 4.90 Å². The van der Waals surface area contributed by atoms with E-state index in [1.807, 2.05) is 11.3 Å². The minimum Gasteiger partial charge on any atom is -0.142 e. The molecular formula is C9H7IS3. The number of hydrogen-bond donors (Lipinski definition) is 1. The summed E-state index contributed by atoms with van der Waals surface area (Å²) in [4.78, 5) is 1.07. The van der Waals surface area contributed by atoms with Crippen LogP contribution in [-0.4, -0.2) is 6.26 Å². The lowest BCUT2D eigenvalue weighted by Crippen LogP contribution is -1.72. The predicted molar refractivity (Wildman–Crippen MR) is 73.6 cm³/mol. The molecule has 0 unspecified atom stereocenters. The molecule has 0 amide bonds. The lowest BCUT2D eigenvalue weighted by Gasteiger charge is -1.95. The largest absolute Gasteiger partial charge is 0.142 e. The second-order valence-electron chi connectivity index (χ2n) is 2.61. The smallest absolute Gasteiger partial charge is 0.0608 e. The molecule has 0 spiro atoms. The van der Waals surface area contributed by atoms with Crippen molar-refractivity contribution < 1.29 is 0 Å². The Bertz CT molecular complexity index is 408. The van der Waals surface area contributed by atoms with Gasteiger partial charge in [0, 0.05) is 13.2 Å². The van der Waals surface area contributed by atoms with Crippen LogP contribution in [-0.2, 0) is 0 Å². The van der Waals surface area contributed by atoms with E-state index in [9.17, 15) is 0 Å². The van der Waals surface area contributed by atoms with Gasteiger partial charge >= 0.3 is 0 Å². The fourth-order valence-corrected chi connectivity index (χ4v) is 3.67. The summed E-state index contributed by atoms with van der Waals surface area (Å²) >= 11 is 10.4. The molecule has 0 radical (unpaired) electrons. The number of thiophene rings is 1. The van der Waals surface area contributed by atoms with E-state index in [1.165, 1.54) is 17.9 Å². The molecule has 0 saturated carbocycles. The van der Waals surface area contributed by atoms with E-state index in [4.69, 9.17) is 0 Å². The minimum absolute atomic E-state index is 1.07. The highest BCUT2D eigenvalue weighted by atomic mass is 127. The molecule has 0 nitrogen and oxygen atoms in total. The Kier molecular flexibility index (Phi) is 3.12. The lowest BCUT2D eigenvalue weighted by molar-refractivity contribution is 1.47. The van der Waals surface area contributed by atoms with Gasteiger partial charge in [0.2, 0.25) is 0 Å². The van der Waals surface area contributed by atoms with Crippen molar-refractivity contribution in [3.63, 3.8) is 0 Å². The lowest BCUT2D eigenvalue weighted by atomic mass is 10.3. The molecule has 68 valence electrons. The standard InChI is InChI=1S/C9H7IS3/c1-12-9-3-5-2-7(11)6(10)4-8(5)13-9/h2-4,11H,1H3.